The van der Waals surface area contributed by atoms with Gasteiger partial charge in [0.05, 0.1) is 12.1 Å². The molecule has 1 atom stereocenters. The van der Waals surface area contributed by atoms with Crippen molar-refractivity contribution in [3.63, 3.8) is 0 Å². The molecule has 1 aliphatic heterocycles. The Labute approximate surface area is 153 Å². The first-order valence-corrected chi connectivity index (χ1v) is 8.91. The topological polar surface area (TPSA) is 89.6 Å². The number of carbonyl (C=O) groups is 1. The van der Waals surface area contributed by atoms with Gasteiger partial charge in [0.25, 0.3) is 0 Å². The number of carbonyl (C=O) groups excluding carboxylic acids is 1. The fraction of sp³-hybridized carbons (Fsp3) is 0.350. The first-order chi connectivity index (χ1) is 12.7. The van der Waals surface area contributed by atoms with Crippen LogP contribution in [0.1, 0.15) is 25.3 Å². The molecule has 0 radical (unpaired) electrons. The zero-order valence-corrected chi connectivity index (χ0v) is 14.9. The Morgan fingerprint density at radius 3 is 3.12 bits per heavy atom. The maximum Gasteiger partial charge on any atom is 0.220 e. The number of ether oxygens (including phenoxy) is 1. The molecule has 1 aromatic heterocycles. The average molecular weight is 352 g/mol. The van der Waals surface area contributed by atoms with Crippen LogP contribution in [0.5, 0.6) is 5.75 Å². The van der Waals surface area contributed by atoms with E-state index in [0.29, 0.717) is 19.6 Å². The predicted molar refractivity (Wildman–Crippen MR) is 104 cm³/mol. The van der Waals surface area contributed by atoms with Crippen molar-refractivity contribution in [1.29, 1.82) is 0 Å². The summed E-state index contributed by atoms with van der Waals surface area (Å²) >= 11 is 0. The summed E-state index contributed by atoms with van der Waals surface area (Å²) in [7, 11) is 0. The van der Waals surface area contributed by atoms with Crippen molar-refractivity contribution in [1.82, 2.24) is 10.3 Å². The van der Waals surface area contributed by atoms with Crippen molar-refractivity contribution in [2.75, 3.05) is 19.7 Å². The van der Waals surface area contributed by atoms with E-state index in [0.717, 1.165) is 40.8 Å². The molecule has 1 fully saturated rings. The molecule has 6 nitrogen and oxygen atoms in total. The van der Waals surface area contributed by atoms with Crippen molar-refractivity contribution in [3.05, 3.63) is 42.2 Å². The Bertz CT molecular complexity index is 845. The molecule has 1 amide bonds. The maximum atomic E-state index is 11.4. The van der Waals surface area contributed by atoms with Gasteiger partial charge in [-0.25, -0.2) is 0 Å². The van der Waals surface area contributed by atoms with Gasteiger partial charge in [-0.15, -0.1) is 0 Å². The lowest BCUT2D eigenvalue weighted by Crippen LogP contribution is -2.16. The smallest absolute Gasteiger partial charge is 0.220 e. The summed E-state index contributed by atoms with van der Waals surface area (Å²) in [5, 5.41) is 3.78. The van der Waals surface area contributed by atoms with Crippen molar-refractivity contribution >= 4 is 28.6 Å². The lowest BCUT2D eigenvalue weighted by molar-refractivity contribution is -0.119. The number of hydrogen-bond acceptors (Lipinski definition) is 5. The molecular weight excluding hydrogens is 328 g/mol. The molecule has 3 rings (SSSR count). The molecule has 2 aromatic rings. The number of hydrogen-bond donors (Lipinski definition) is 2. The van der Waals surface area contributed by atoms with E-state index >= 15 is 0 Å². The lowest BCUT2D eigenvalue weighted by Gasteiger charge is -2.14. The molecule has 136 valence electrons. The minimum atomic E-state index is 0.0827. The molecule has 0 saturated carbocycles. The van der Waals surface area contributed by atoms with Crippen LogP contribution in [0.15, 0.2) is 41.7 Å². The summed E-state index contributed by atoms with van der Waals surface area (Å²) in [4.78, 5) is 20.2. The zero-order valence-electron chi connectivity index (χ0n) is 14.9. The zero-order chi connectivity index (χ0) is 18.4. The highest BCUT2D eigenvalue weighted by atomic mass is 16.5. The molecule has 6 heteroatoms. The molecule has 0 aliphatic carbocycles. The summed E-state index contributed by atoms with van der Waals surface area (Å²) in [6.45, 7) is 3.98. The second-order valence-electron chi connectivity index (χ2n) is 6.39. The molecule has 1 aromatic carbocycles. The first-order valence-electron chi connectivity index (χ1n) is 8.91. The number of allylic oxidation sites excluding steroid dienone is 1. The van der Waals surface area contributed by atoms with Gasteiger partial charge in [0, 0.05) is 55.0 Å². The number of aromatic nitrogens is 1. The summed E-state index contributed by atoms with van der Waals surface area (Å²) < 4.78 is 6.07. The van der Waals surface area contributed by atoms with Crippen molar-refractivity contribution in [2.24, 2.45) is 16.6 Å². The maximum absolute atomic E-state index is 11.4. The van der Waals surface area contributed by atoms with Gasteiger partial charge in [0.1, 0.15) is 5.75 Å². The number of nitrogens with two attached hydrogens (primary N) is 1. The van der Waals surface area contributed by atoms with Crippen LogP contribution in [0, 0.1) is 5.92 Å². The Hall–Kier alpha value is -2.89. The molecule has 2 heterocycles. The highest BCUT2D eigenvalue weighted by molar-refractivity contribution is 6.11. The van der Waals surface area contributed by atoms with Gasteiger partial charge in [-0.2, -0.15) is 0 Å². The highest BCUT2D eigenvalue weighted by Crippen LogP contribution is 2.29. The van der Waals surface area contributed by atoms with E-state index in [9.17, 15) is 4.79 Å². The van der Waals surface area contributed by atoms with Gasteiger partial charge in [0.15, 0.2) is 0 Å². The average Bonchev–Trinajstić information content (AvgIpc) is 3.08. The minimum absolute atomic E-state index is 0.0827. The Morgan fingerprint density at radius 2 is 2.38 bits per heavy atom. The van der Waals surface area contributed by atoms with Gasteiger partial charge in [-0.3, -0.25) is 14.8 Å². The summed E-state index contributed by atoms with van der Waals surface area (Å²) in [6, 6.07) is 7.82. The van der Waals surface area contributed by atoms with Crippen LogP contribution in [0.4, 0.5) is 0 Å². The van der Waals surface area contributed by atoms with Crippen LogP contribution in [0.2, 0.25) is 0 Å². The second-order valence-corrected chi connectivity index (χ2v) is 6.39. The predicted octanol–water partition coefficient (Wildman–Crippen LogP) is 2.53. The second kappa shape index (κ2) is 8.47. The number of nitrogens with one attached hydrogen (secondary N) is 1. The molecule has 1 aliphatic rings. The van der Waals surface area contributed by atoms with Crippen molar-refractivity contribution < 1.29 is 9.53 Å². The van der Waals surface area contributed by atoms with Crippen LogP contribution < -0.4 is 15.8 Å². The van der Waals surface area contributed by atoms with E-state index in [1.54, 1.807) is 18.6 Å². The number of amides is 1. The van der Waals surface area contributed by atoms with E-state index in [-0.39, 0.29) is 11.8 Å². The summed E-state index contributed by atoms with van der Waals surface area (Å²) in [5.41, 5.74) is 8.39. The third kappa shape index (κ3) is 4.20. The van der Waals surface area contributed by atoms with Crippen molar-refractivity contribution in [3.8, 4) is 5.75 Å². The van der Waals surface area contributed by atoms with Gasteiger partial charge in [-0.05, 0) is 36.2 Å². The van der Waals surface area contributed by atoms with E-state index in [2.05, 4.69) is 22.2 Å². The molecule has 1 unspecified atom stereocenters. The number of nitrogens with zero attached hydrogens (tertiary/aromatic N) is 2. The number of pyridine rings is 1. The number of rotatable bonds is 7. The van der Waals surface area contributed by atoms with Crippen molar-refractivity contribution in [2.45, 2.75) is 19.8 Å². The van der Waals surface area contributed by atoms with Crippen LogP contribution in [0.3, 0.4) is 0 Å². The van der Waals surface area contributed by atoms with Crippen LogP contribution in [0.25, 0.3) is 16.5 Å². The fourth-order valence-corrected chi connectivity index (χ4v) is 2.93. The quantitative estimate of drug-likeness (QED) is 0.749. The Balaban J connectivity index is 1.89. The molecule has 1 saturated heterocycles. The van der Waals surface area contributed by atoms with E-state index in [1.165, 1.54) is 0 Å². The molecular formula is C20H24N4O2. The van der Waals surface area contributed by atoms with E-state index in [4.69, 9.17) is 10.5 Å². The monoisotopic (exact) mass is 352 g/mol. The van der Waals surface area contributed by atoms with Gasteiger partial charge >= 0.3 is 0 Å². The highest BCUT2D eigenvalue weighted by Gasteiger charge is 2.22. The van der Waals surface area contributed by atoms with Crippen LogP contribution in [-0.2, 0) is 4.79 Å². The molecule has 3 N–H and O–H groups in total. The number of benzene rings is 1. The van der Waals surface area contributed by atoms with Crippen LogP contribution in [-0.4, -0.2) is 36.8 Å². The standard InChI is InChI=1S/C20H24N4O2/c1-2-5-22-12-16(10-21)15-8-18-17(4-3-6-23-18)19(9-15)26-13-14-7-20(25)24-11-14/h3-4,6,8-10,12,14H,2,5,7,11,13,21H2,1H3,(H,24,25). The third-order valence-electron chi connectivity index (χ3n) is 4.32. The van der Waals surface area contributed by atoms with Gasteiger partial charge in [0.2, 0.25) is 5.91 Å². The summed E-state index contributed by atoms with van der Waals surface area (Å²) in [5.74, 6) is 1.01. The largest absolute Gasteiger partial charge is 0.492 e. The van der Waals surface area contributed by atoms with Crippen LogP contribution >= 0.6 is 0 Å². The third-order valence-corrected chi connectivity index (χ3v) is 4.32. The van der Waals surface area contributed by atoms with E-state index < -0.39 is 0 Å². The first kappa shape index (κ1) is 17.9. The van der Waals surface area contributed by atoms with Gasteiger partial charge in [-0.1, -0.05) is 6.92 Å². The Kier molecular flexibility index (Phi) is 5.84. The van der Waals surface area contributed by atoms with Gasteiger partial charge < -0.3 is 15.8 Å². The SMILES string of the molecule is CCCN=CC(=CN)c1cc(OCC2CNC(=O)C2)c2cccnc2c1. The number of aliphatic imine (C=N–C) groups is 1. The molecule has 0 spiro atoms. The molecule has 0 bridgehead atoms. The minimum Gasteiger partial charge on any atom is -0.492 e. The fourth-order valence-electron chi connectivity index (χ4n) is 2.93. The lowest BCUT2D eigenvalue weighted by atomic mass is 10.0. The van der Waals surface area contributed by atoms with E-state index in [1.807, 2.05) is 24.3 Å². The molecule has 26 heavy (non-hydrogen) atoms. The summed E-state index contributed by atoms with van der Waals surface area (Å²) in [6.07, 6.45) is 6.58. The normalized spacial score (nSPS) is 17.8. The Morgan fingerprint density at radius 1 is 1.50 bits per heavy atom. The number of fused-ring (bicyclic) bond motifs is 1.